The van der Waals surface area contributed by atoms with Crippen LogP contribution in [0.15, 0.2) is 0 Å². The molecule has 12 heavy (non-hydrogen) atoms. The van der Waals surface area contributed by atoms with Gasteiger partial charge >= 0.3 is 0 Å². The molecule has 0 amide bonds. The van der Waals surface area contributed by atoms with E-state index in [1.54, 1.807) is 0 Å². The number of thioether (sulfide) groups is 1. The summed E-state index contributed by atoms with van der Waals surface area (Å²) in [6.07, 6.45) is 2.69. The minimum atomic E-state index is 0.313. The molecule has 0 saturated heterocycles. The quantitative estimate of drug-likeness (QED) is 0.609. The second kappa shape index (κ2) is 5.84. The summed E-state index contributed by atoms with van der Waals surface area (Å²) in [4.78, 5) is 2.42. The van der Waals surface area contributed by atoms with Crippen LogP contribution in [0.2, 0.25) is 0 Å². The second-order valence-corrected chi connectivity index (χ2v) is 4.58. The number of aliphatic hydroxyl groups is 1. The molecule has 0 aromatic carbocycles. The van der Waals surface area contributed by atoms with E-state index in [9.17, 15) is 0 Å². The van der Waals surface area contributed by atoms with Gasteiger partial charge in [-0.3, -0.25) is 4.90 Å². The minimum Gasteiger partial charge on any atom is -0.395 e. The summed E-state index contributed by atoms with van der Waals surface area (Å²) in [5.41, 5.74) is 0. The SMILES string of the molecule is CCSCCN(CCO)C1CC1. The van der Waals surface area contributed by atoms with Crippen LogP contribution in [0.4, 0.5) is 0 Å². The van der Waals surface area contributed by atoms with Crippen molar-refractivity contribution in [1.29, 1.82) is 0 Å². The highest BCUT2D eigenvalue weighted by Crippen LogP contribution is 2.26. The third kappa shape index (κ3) is 3.78. The van der Waals surface area contributed by atoms with E-state index < -0.39 is 0 Å². The number of hydrogen-bond acceptors (Lipinski definition) is 3. The Kier molecular flexibility index (Phi) is 5.04. The zero-order chi connectivity index (χ0) is 8.81. The van der Waals surface area contributed by atoms with Crippen molar-refractivity contribution in [3.63, 3.8) is 0 Å². The van der Waals surface area contributed by atoms with E-state index in [0.717, 1.165) is 19.1 Å². The number of aliphatic hydroxyl groups excluding tert-OH is 1. The van der Waals surface area contributed by atoms with Gasteiger partial charge in [0.05, 0.1) is 6.61 Å². The average molecular weight is 189 g/mol. The van der Waals surface area contributed by atoms with E-state index in [1.807, 2.05) is 11.8 Å². The average Bonchev–Trinajstić information content (AvgIpc) is 2.86. The molecule has 0 atom stereocenters. The lowest BCUT2D eigenvalue weighted by molar-refractivity contribution is 0.197. The van der Waals surface area contributed by atoms with Crippen LogP contribution < -0.4 is 0 Å². The van der Waals surface area contributed by atoms with E-state index in [2.05, 4.69) is 11.8 Å². The van der Waals surface area contributed by atoms with Crippen molar-refractivity contribution in [3.05, 3.63) is 0 Å². The summed E-state index contributed by atoms with van der Waals surface area (Å²) in [7, 11) is 0. The zero-order valence-electron chi connectivity index (χ0n) is 7.83. The van der Waals surface area contributed by atoms with Gasteiger partial charge in [-0.1, -0.05) is 6.92 Å². The van der Waals surface area contributed by atoms with Gasteiger partial charge in [-0.25, -0.2) is 0 Å². The lowest BCUT2D eigenvalue weighted by Crippen LogP contribution is -2.31. The van der Waals surface area contributed by atoms with E-state index in [1.165, 1.54) is 24.3 Å². The number of hydrogen-bond donors (Lipinski definition) is 1. The highest BCUT2D eigenvalue weighted by atomic mass is 32.2. The van der Waals surface area contributed by atoms with Crippen LogP contribution >= 0.6 is 11.8 Å². The molecule has 0 heterocycles. The predicted octanol–water partition coefficient (Wildman–Crippen LogP) is 1.20. The van der Waals surface area contributed by atoms with Gasteiger partial charge in [0, 0.05) is 24.9 Å². The fourth-order valence-corrected chi connectivity index (χ4v) is 2.02. The number of nitrogens with zero attached hydrogens (tertiary/aromatic N) is 1. The Bertz CT molecular complexity index is 117. The maximum Gasteiger partial charge on any atom is 0.0558 e. The van der Waals surface area contributed by atoms with E-state index in [0.29, 0.717) is 6.61 Å². The summed E-state index contributed by atoms with van der Waals surface area (Å²) < 4.78 is 0. The molecule has 1 aliphatic rings. The molecule has 2 nitrogen and oxygen atoms in total. The highest BCUT2D eigenvalue weighted by Gasteiger charge is 2.27. The van der Waals surface area contributed by atoms with Gasteiger partial charge in [0.1, 0.15) is 0 Å². The third-order valence-electron chi connectivity index (χ3n) is 2.18. The third-order valence-corrected chi connectivity index (χ3v) is 3.06. The topological polar surface area (TPSA) is 23.5 Å². The first-order valence-corrected chi connectivity index (χ1v) is 5.96. The van der Waals surface area contributed by atoms with Crippen molar-refractivity contribution in [1.82, 2.24) is 4.90 Å². The first kappa shape index (κ1) is 10.4. The van der Waals surface area contributed by atoms with Crippen molar-refractivity contribution < 1.29 is 5.11 Å². The highest BCUT2D eigenvalue weighted by molar-refractivity contribution is 7.99. The van der Waals surface area contributed by atoms with E-state index in [-0.39, 0.29) is 0 Å². The first-order chi connectivity index (χ1) is 5.88. The molecule has 3 heteroatoms. The lowest BCUT2D eigenvalue weighted by Gasteiger charge is -2.19. The van der Waals surface area contributed by atoms with Crippen molar-refractivity contribution >= 4 is 11.8 Å². The van der Waals surface area contributed by atoms with Crippen LogP contribution in [0.25, 0.3) is 0 Å². The molecule has 1 fully saturated rings. The van der Waals surface area contributed by atoms with Crippen LogP contribution in [0.1, 0.15) is 19.8 Å². The Morgan fingerprint density at radius 3 is 2.67 bits per heavy atom. The Labute approximate surface area is 79.3 Å². The Balaban J connectivity index is 2.05. The van der Waals surface area contributed by atoms with Crippen LogP contribution in [0.3, 0.4) is 0 Å². The van der Waals surface area contributed by atoms with E-state index >= 15 is 0 Å². The van der Waals surface area contributed by atoms with Gasteiger partial charge in [0.25, 0.3) is 0 Å². The normalized spacial score (nSPS) is 17.2. The van der Waals surface area contributed by atoms with Crippen molar-refractivity contribution in [3.8, 4) is 0 Å². The maximum atomic E-state index is 8.82. The van der Waals surface area contributed by atoms with Crippen molar-refractivity contribution in [2.24, 2.45) is 0 Å². The molecule has 1 N–H and O–H groups in total. The van der Waals surface area contributed by atoms with Gasteiger partial charge in [-0.05, 0) is 18.6 Å². The molecule has 0 aromatic rings. The molecule has 0 aliphatic heterocycles. The van der Waals surface area contributed by atoms with Crippen molar-refractivity contribution in [2.75, 3.05) is 31.2 Å². The van der Waals surface area contributed by atoms with Gasteiger partial charge < -0.3 is 5.11 Å². The van der Waals surface area contributed by atoms with Gasteiger partial charge in [0.2, 0.25) is 0 Å². The fourth-order valence-electron chi connectivity index (χ4n) is 1.37. The summed E-state index contributed by atoms with van der Waals surface area (Å²) >= 11 is 1.98. The Hall–Kier alpha value is 0.270. The maximum absolute atomic E-state index is 8.82. The molecule has 72 valence electrons. The Morgan fingerprint density at radius 2 is 2.17 bits per heavy atom. The summed E-state index contributed by atoms with van der Waals surface area (Å²) in [5.74, 6) is 2.42. The molecule has 1 saturated carbocycles. The summed E-state index contributed by atoms with van der Waals surface area (Å²) in [6.45, 7) is 4.53. The molecule has 0 unspecified atom stereocenters. The minimum absolute atomic E-state index is 0.313. The van der Waals surface area contributed by atoms with Crippen LogP contribution in [0.5, 0.6) is 0 Å². The Morgan fingerprint density at radius 1 is 1.42 bits per heavy atom. The van der Waals surface area contributed by atoms with E-state index in [4.69, 9.17) is 5.11 Å². The van der Waals surface area contributed by atoms with Gasteiger partial charge in [-0.15, -0.1) is 0 Å². The first-order valence-electron chi connectivity index (χ1n) is 4.81. The zero-order valence-corrected chi connectivity index (χ0v) is 8.65. The van der Waals surface area contributed by atoms with Crippen molar-refractivity contribution in [2.45, 2.75) is 25.8 Å². The molecule has 0 aromatic heterocycles. The van der Waals surface area contributed by atoms with Gasteiger partial charge in [0.15, 0.2) is 0 Å². The molecule has 0 bridgehead atoms. The van der Waals surface area contributed by atoms with Gasteiger partial charge in [-0.2, -0.15) is 11.8 Å². The van der Waals surface area contributed by atoms with Crippen LogP contribution in [-0.4, -0.2) is 47.3 Å². The summed E-state index contributed by atoms with van der Waals surface area (Å²) in [5, 5.41) is 8.82. The van der Waals surface area contributed by atoms with Crippen LogP contribution in [-0.2, 0) is 0 Å². The molecular weight excluding hydrogens is 170 g/mol. The molecule has 0 radical (unpaired) electrons. The standard InChI is InChI=1S/C9H19NOS/c1-2-12-8-6-10(5-7-11)9-3-4-9/h9,11H,2-8H2,1H3. The smallest absolute Gasteiger partial charge is 0.0558 e. The monoisotopic (exact) mass is 189 g/mol. The predicted molar refractivity (Wildman–Crippen MR) is 54.7 cm³/mol. The largest absolute Gasteiger partial charge is 0.395 e. The number of rotatable bonds is 7. The second-order valence-electron chi connectivity index (χ2n) is 3.19. The molecule has 1 aliphatic carbocycles. The molecule has 1 rings (SSSR count). The molecular formula is C9H19NOS. The fraction of sp³-hybridized carbons (Fsp3) is 1.00. The lowest BCUT2D eigenvalue weighted by atomic mass is 10.4. The van der Waals surface area contributed by atoms with Crippen LogP contribution in [0, 0.1) is 0 Å². The summed E-state index contributed by atoms with van der Waals surface area (Å²) in [6, 6.07) is 0.801. The molecule has 0 spiro atoms.